The van der Waals surface area contributed by atoms with Crippen molar-refractivity contribution >= 4 is 10.9 Å². The Labute approximate surface area is 128 Å². The third kappa shape index (κ3) is 3.02. The van der Waals surface area contributed by atoms with Crippen molar-refractivity contribution in [3.05, 3.63) is 76.1 Å². The average Bonchev–Trinajstić information content (AvgIpc) is 2.55. The van der Waals surface area contributed by atoms with Crippen molar-refractivity contribution in [1.82, 2.24) is 4.98 Å². The van der Waals surface area contributed by atoms with Crippen molar-refractivity contribution in [2.24, 2.45) is 0 Å². The van der Waals surface area contributed by atoms with Gasteiger partial charge in [0.05, 0.1) is 5.52 Å². The van der Waals surface area contributed by atoms with Crippen LogP contribution in [0, 0.1) is 0 Å². The van der Waals surface area contributed by atoms with E-state index in [0.717, 1.165) is 16.5 Å². The number of aromatic amines is 1. The Kier molecular flexibility index (Phi) is 4.21. The summed E-state index contributed by atoms with van der Waals surface area (Å²) < 4.78 is 5.86. The normalized spacial score (nSPS) is 10.8. The number of aliphatic hydroxyl groups is 1. The third-order valence-corrected chi connectivity index (χ3v) is 3.57. The van der Waals surface area contributed by atoms with Crippen LogP contribution >= 0.6 is 0 Å². The van der Waals surface area contributed by atoms with E-state index in [0.29, 0.717) is 24.3 Å². The predicted molar refractivity (Wildman–Crippen MR) is 86.1 cm³/mol. The molecule has 0 aliphatic rings. The number of H-pyrrole nitrogens is 1. The maximum Gasteiger partial charge on any atom is 0.248 e. The van der Waals surface area contributed by atoms with E-state index in [2.05, 4.69) is 4.98 Å². The van der Waals surface area contributed by atoms with E-state index in [9.17, 15) is 4.79 Å². The van der Waals surface area contributed by atoms with Gasteiger partial charge in [0, 0.05) is 18.1 Å². The minimum Gasteiger partial charge on any atom is -0.487 e. The number of fused-ring (bicyclic) bond motifs is 1. The Morgan fingerprint density at radius 3 is 2.59 bits per heavy atom. The highest BCUT2D eigenvalue weighted by molar-refractivity contribution is 5.87. The van der Waals surface area contributed by atoms with Gasteiger partial charge in [-0.3, -0.25) is 4.79 Å². The van der Waals surface area contributed by atoms with E-state index in [1.54, 1.807) is 6.07 Å². The molecule has 0 atom stereocenters. The zero-order chi connectivity index (χ0) is 15.4. The number of ether oxygens (including phenoxy) is 1. The number of nitrogens with one attached hydrogen (secondary N) is 1. The summed E-state index contributed by atoms with van der Waals surface area (Å²) in [4.78, 5) is 14.4. The molecule has 1 heterocycles. The fourth-order valence-corrected chi connectivity index (χ4v) is 2.48. The lowest BCUT2D eigenvalue weighted by Crippen LogP contribution is -2.06. The van der Waals surface area contributed by atoms with Crippen LogP contribution in [-0.4, -0.2) is 16.7 Å². The lowest BCUT2D eigenvalue weighted by Gasteiger charge is -2.12. The number of aliphatic hydroxyl groups excluding tert-OH is 1. The van der Waals surface area contributed by atoms with Crippen molar-refractivity contribution in [3.8, 4) is 5.75 Å². The highest BCUT2D eigenvalue weighted by Gasteiger charge is 2.08. The minimum atomic E-state index is -0.168. The topological polar surface area (TPSA) is 62.3 Å². The molecule has 0 aliphatic heterocycles. The average molecular weight is 295 g/mol. The molecule has 1 aromatic heterocycles. The van der Waals surface area contributed by atoms with E-state index in [1.165, 1.54) is 6.07 Å². The first-order valence-corrected chi connectivity index (χ1v) is 7.20. The van der Waals surface area contributed by atoms with Crippen LogP contribution in [0.4, 0.5) is 0 Å². The van der Waals surface area contributed by atoms with Crippen molar-refractivity contribution in [2.75, 3.05) is 6.61 Å². The molecule has 0 aliphatic carbocycles. The first-order chi connectivity index (χ1) is 10.8. The molecule has 22 heavy (non-hydrogen) atoms. The fraction of sp³-hybridized carbons (Fsp3) is 0.167. The van der Waals surface area contributed by atoms with E-state index in [-0.39, 0.29) is 12.2 Å². The van der Waals surface area contributed by atoms with Crippen LogP contribution in [0.2, 0.25) is 0 Å². The second kappa shape index (κ2) is 6.45. The predicted octanol–water partition coefficient (Wildman–Crippen LogP) is 2.64. The molecule has 0 amide bonds. The Balaban J connectivity index is 1.97. The molecular weight excluding hydrogens is 278 g/mol. The van der Waals surface area contributed by atoms with Crippen LogP contribution in [0.1, 0.15) is 11.1 Å². The summed E-state index contributed by atoms with van der Waals surface area (Å²) in [6.07, 6.45) is 0.543. The van der Waals surface area contributed by atoms with Gasteiger partial charge < -0.3 is 14.8 Å². The quantitative estimate of drug-likeness (QED) is 0.760. The zero-order valence-corrected chi connectivity index (χ0v) is 12.1. The molecule has 4 nitrogen and oxygen atoms in total. The summed E-state index contributed by atoms with van der Waals surface area (Å²) >= 11 is 0. The monoisotopic (exact) mass is 295 g/mol. The molecule has 0 fully saturated rings. The molecule has 112 valence electrons. The first-order valence-electron chi connectivity index (χ1n) is 7.20. The second-order valence-corrected chi connectivity index (χ2v) is 5.08. The number of rotatable bonds is 5. The van der Waals surface area contributed by atoms with E-state index < -0.39 is 0 Å². The largest absolute Gasteiger partial charge is 0.487 e. The highest BCUT2D eigenvalue weighted by atomic mass is 16.5. The van der Waals surface area contributed by atoms with Gasteiger partial charge in [0.2, 0.25) is 5.56 Å². The minimum absolute atomic E-state index is 0.0679. The summed E-state index contributed by atoms with van der Waals surface area (Å²) in [5.74, 6) is 0.637. The SMILES string of the molecule is O=c1ccc2c(CCO)ccc(OCc3ccccc3)c2[nH]1. The van der Waals surface area contributed by atoms with Crippen molar-refractivity contribution < 1.29 is 9.84 Å². The van der Waals surface area contributed by atoms with E-state index >= 15 is 0 Å². The fourth-order valence-electron chi connectivity index (χ4n) is 2.48. The molecule has 4 heteroatoms. The first kappa shape index (κ1) is 14.4. The van der Waals surface area contributed by atoms with Gasteiger partial charge >= 0.3 is 0 Å². The van der Waals surface area contributed by atoms with E-state index in [1.807, 2.05) is 42.5 Å². The molecule has 2 aromatic carbocycles. The van der Waals surface area contributed by atoms with Crippen molar-refractivity contribution in [3.63, 3.8) is 0 Å². The summed E-state index contributed by atoms with van der Waals surface area (Å²) in [6, 6.07) is 16.9. The van der Waals surface area contributed by atoms with Crippen molar-refractivity contribution in [1.29, 1.82) is 0 Å². The third-order valence-electron chi connectivity index (χ3n) is 3.57. The molecule has 0 spiro atoms. The molecule has 0 saturated heterocycles. The maximum atomic E-state index is 11.6. The van der Waals surface area contributed by atoms with Crippen LogP contribution in [0.5, 0.6) is 5.75 Å². The lowest BCUT2D eigenvalue weighted by molar-refractivity contribution is 0.299. The Hall–Kier alpha value is -2.59. The number of benzene rings is 2. The smallest absolute Gasteiger partial charge is 0.248 e. The van der Waals surface area contributed by atoms with Gasteiger partial charge in [-0.2, -0.15) is 0 Å². The summed E-state index contributed by atoms with van der Waals surface area (Å²) in [5, 5.41) is 10.1. The van der Waals surface area contributed by atoms with Crippen LogP contribution in [-0.2, 0) is 13.0 Å². The molecule has 3 aromatic rings. The van der Waals surface area contributed by atoms with E-state index in [4.69, 9.17) is 9.84 Å². The van der Waals surface area contributed by atoms with Crippen LogP contribution in [0.3, 0.4) is 0 Å². The number of pyridine rings is 1. The van der Waals surface area contributed by atoms with Crippen molar-refractivity contribution in [2.45, 2.75) is 13.0 Å². The number of hydrogen-bond donors (Lipinski definition) is 2. The van der Waals surface area contributed by atoms with Crippen LogP contribution < -0.4 is 10.3 Å². The van der Waals surface area contributed by atoms with Gasteiger partial charge in [0.25, 0.3) is 0 Å². The number of hydrogen-bond acceptors (Lipinski definition) is 3. The summed E-state index contributed by atoms with van der Waals surface area (Å²) in [6.45, 7) is 0.505. The van der Waals surface area contributed by atoms with Gasteiger partial charge in [-0.15, -0.1) is 0 Å². The number of aromatic nitrogens is 1. The Morgan fingerprint density at radius 1 is 1.00 bits per heavy atom. The second-order valence-electron chi connectivity index (χ2n) is 5.08. The standard InChI is InChI=1S/C18H17NO3/c20-11-10-14-6-8-16(18-15(14)7-9-17(21)19-18)22-12-13-4-2-1-3-5-13/h1-9,20H,10-12H2,(H,19,21). The Bertz CT molecular complexity index is 825. The maximum absolute atomic E-state index is 11.6. The van der Waals surface area contributed by atoms with Gasteiger partial charge in [-0.05, 0) is 29.7 Å². The van der Waals surface area contributed by atoms with Gasteiger partial charge in [0.15, 0.2) is 0 Å². The van der Waals surface area contributed by atoms with Gasteiger partial charge in [-0.25, -0.2) is 0 Å². The molecule has 2 N–H and O–H groups in total. The van der Waals surface area contributed by atoms with Gasteiger partial charge in [-0.1, -0.05) is 36.4 Å². The molecule has 0 bridgehead atoms. The Morgan fingerprint density at radius 2 is 1.82 bits per heavy atom. The molecule has 0 unspecified atom stereocenters. The molecule has 0 saturated carbocycles. The molecule has 3 rings (SSSR count). The lowest BCUT2D eigenvalue weighted by atomic mass is 10.1. The summed E-state index contributed by atoms with van der Waals surface area (Å²) in [5.41, 5.74) is 2.56. The van der Waals surface area contributed by atoms with Crippen LogP contribution in [0.15, 0.2) is 59.4 Å². The highest BCUT2D eigenvalue weighted by Crippen LogP contribution is 2.27. The summed E-state index contributed by atoms with van der Waals surface area (Å²) in [7, 11) is 0. The molecule has 0 radical (unpaired) electrons. The zero-order valence-electron chi connectivity index (χ0n) is 12.1. The van der Waals surface area contributed by atoms with Crippen LogP contribution in [0.25, 0.3) is 10.9 Å². The van der Waals surface area contributed by atoms with Gasteiger partial charge in [0.1, 0.15) is 12.4 Å². The molecular formula is C18H17NO3.